The molecule has 0 saturated heterocycles. The SMILES string of the molecule is O=[N+]([O-])c1ccc2c3c(ccc([N+](=O)[O-])c13)-c1nc3cc(Cl)ccc3nc1-2. The molecule has 0 aliphatic heterocycles. The van der Waals surface area contributed by atoms with Gasteiger partial charge in [0.05, 0.1) is 32.3 Å². The molecule has 1 aliphatic rings. The molecule has 0 amide bonds. The lowest BCUT2D eigenvalue weighted by Gasteiger charge is -2.03. The van der Waals surface area contributed by atoms with Crippen LogP contribution in [-0.2, 0) is 0 Å². The Bertz CT molecular complexity index is 1330. The van der Waals surface area contributed by atoms with E-state index in [2.05, 4.69) is 9.97 Å². The maximum atomic E-state index is 11.5. The molecule has 1 heterocycles. The van der Waals surface area contributed by atoms with Gasteiger partial charge in [-0.05, 0) is 30.3 Å². The van der Waals surface area contributed by atoms with E-state index in [9.17, 15) is 20.2 Å². The van der Waals surface area contributed by atoms with Crippen LogP contribution >= 0.6 is 11.6 Å². The van der Waals surface area contributed by atoms with Crippen LogP contribution in [0.1, 0.15) is 0 Å². The lowest BCUT2D eigenvalue weighted by Crippen LogP contribution is -1.95. The quantitative estimate of drug-likeness (QED) is 0.319. The second kappa shape index (κ2) is 5.18. The topological polar surface area (TPSA) is 112 Å². The van der Waals surface area contributed by atoms with Crippen molar-refractivity contribution in [1.82, 2.24) is 9.97 Å². The third-order valence-electron chi connectivity index (χ3n) is 4.65. The van der Waals surface area contributed by atoms with Crippen molar-refractivity contribution in [3.63, 3.8) is 0 Å². The number of hydrogen-bond acceptors (Lipinski definition) is 6. The van der Waals surface area contributed by atoms with Crippen LogP contribution in [-0.4, -0.2) is 19.8 Å². The third-order valence-corrected chi connectivity index (χ3v) is 4.88. The molecule has 27 heavy (non-hydrogen) atoms. The van der Waals surface area contributed by atoms with Crippen molar-refractivity contribution in [3.8, 4) is 22.5 Å². The molecule has 0 radical (unpaired) electrons. The molecule has 1 aliphatic carbocycles. The van der Waals surface area contributed by atoms with Crippen LogP contribution in [0.5, 0.6) is 0 Å². The molecule has 130 valence electrons. The highest BCUT2D eigenvalue weighted by atomic mass is 35.5. The summed E-state index contributed by atoms with van der Waals surface area (Å²) < 4.78 is 0. The van der Waals surface area contributed by atoms with Crippen molar-refractivity contribution < 1.29 is 9.85 Å². The van der Waals surface area contributed by atoms with E-state index in [1.165, 1.54) is 12.1 Å². The average Bonchev–Trinajstić information content (AvgIpc) is 2.94. The number of aromatic nitrogens is 2. The van der Waals surface area contributed by atoms with E-state index in [1.54, 1.807) is 30.3 Å². The van der Waals surface area contributed by atoms with Crippen LogP contribution in [0.15, 0.2) is 42.5 Å². The van der Waals surface area contributed by atoms with E-state index in [4.69, 9.17) is 11.6 Å². The van der Waals surface area contributed by atoms with Gasteiger partial charge in [-0.3, -0.25) is 20.2 Å². The smallest absolute Gasteiger partial charge is 0.258 e. The van der Waals surface area contributed by atoms with E-state index in [-0.39, 0.29) is 16.8 Å². The lowest BCUT2D eigenvalue weighted by atomic mass is 10.0. The van der Waals surface area contributed by atoms with Crippen LogP contribution in [0.3, 0.4) is 0 Å². The Balaban J connectivity index is 1.96. The van der Waals surface area contributed by atoms with Gasteiger partial charge in [-0.1, -0.05) is 11.6 Å². The third kappa shape index (κ3) is 2.04. The first-order valence-electron chi connectivity index (χ1n) is 7.82. The van der Waals surface area contributed by atoms with Crippen LogP contribution < -0.4 is 0 Å². The van der Waals surface area contributed by atoms with Crippen molar-refractivity contribution in [2.24, 2.45) is 0 Å². The normalized spacial score (nSPS) is 11.7. The molecule has 1 aromatic heterocycles. The molecule has 3 aromatic carbocycles. The van der Waals surface area contributed by atoms with Gasteiger partial charge in [-0.15, -0.1) is 0 Å². The minimum absolute atomic E-state index is 0.0121. The second-order valence-corrected chi connectivity index (χ2v) is 6.52. The molecular weight excluding hydrogens is 372 g/mol. The lowest BCUT2D eigenvalue weighted by molar-refractivity contribution is -0.390. The number of non-ortho nitro benzene ring substituents is 2. The van der Waals surface area contributed by atoms with Crippen molar-refractivity contribution >= 4 is 44.8 Å². The largest absolute Gasteiger partial charge is 0.284 e. The summed E-state index contributed by atoms with van der Waals surface area (Å²) in [5.41, 5.74) is 2.81. The second-order valence-electron chi connectivity index (χ2n) is 6.08. The van der Waals surface area contributed by atoms with Gasteiger partial charge in [0.15, 0.2) is 0 Å². The zero-order valence-corrected chi connectivity index (χ0v) is 14.1. The fourth-order valence-electron chi connectivity index (χ4n) is 3.56. The molecule has 5 rings (SSSR count). The van der Waals surface area contributed by atoms with Crippen molar-refractivity contribution in [1.29, 1.82) is 0 Å². The van der Waals surface area contributed by atoms with Gasteiger partial charge in [-0.2, -0.15) is 0 Å². The molecule has 0 N–H and O–H groups in total. The predicted molar refractivity (Wildman–Crippen MR) is 99.8 cm³/mol. The summed E-state index contributed by atoms with van der Waals surface area (Å²) in [6, 6.07) is 10.8. The minimum Gasteiger partial charge on any atom is -0.258 e. The summed E-state index contributed by atoms with van der Waals surface area (Å²) >= 11 is 6.03. The highest BCUT2D eigenvalue weighted by molar-refractivity contribution is 6.31. The first-order valence-corrected chi connectivity index (χ1v) is 8.20. The summed E-state index contributed by atoms with van der Waals surface area (Å²) in [7, 11) is 0. The van der Waals surface area contributed by atoms with Crippen LogP contribution in [0.4, 0.5) is 11.4 Å². The molecule has 0 atom stereocenters. The van der Waals surface area contributed by atoms with E-state index in [0.717, 1.165) is 0 Å². The number of benzene rings is 3. The molecule has 0 saturated carbocycles. The van der Waals surface area contributed by atoms with Gasteiger partial charge in [0.25, 0.3) is 11.4 Å². The fraction of sp³-hybridized carbons (Fsp3) is 0. The minimum atomic E-state index is -0.615. The average molecular weight is 379 g/mol. The number of nitro benzene ring substituents is 2. The molecule has 0 fully saturated rings. The van der Waals surface area contributed by atoms with Gasteiger partial charge in [-0.25, -0.2) is 9.97 Å². The zero-order valence-electron chi connectivity index (χ0n) is 13.3. The monoisotopic (exact) mass is 378 g/mol. The zero-order chi connectivity index (χ0) is 18.9. The fourth-order valence-corrected chi connectivity index (χ4v) is 3.73. The van der Waals surface area contributed by atoms with Crippen molar-refractivity contribution in [2.75, 3.05) is 0 Å². The molecule has 4 aromatic rings. The summed E-state index contributed by atoms with van der Waals surface area (Å²) in [6.45, 7) is 0. The maximum absolute atomic E-state index is 11.5. The Kier molecular flexibility index (Phi) is 2.99. The van der Waals surface area contributed by atoms with Crippen molar-refractivity contribution in [3.05, 3.63) is 67.7 Å². The van der Waals surface area contributed by atoms with Gasteiger partial charge >= 0.3 is 0 Å². The van der Waals surface area contributed by atoms with Gasteiger partial charge in [0.2, 0.25) is 0 Å². The van der Waals surface area contributed by atoms with E-state index in [0.29, 0.717) is 44.0 Å². The summed E-state index contributed by atoms with van der Waals surface area (Å²) in [6.07, 6.45) is 0. The van der Waals surface area contributed by atoms with Crippen LogP contribution in [0.25, 0.3) is 44.3 Å². The number of fused-ring (bicyclic) bond motifs is 4. The Morgan fingerprint density at radius 2 is 1.30 bits per heavy atom. The first-order chi connectivity index (χ1) is 13.0. The standard InChI is InChI=1S/C18H7ClN4O4/c19-8-1-4-11-12(7-8)21-18-10-3-6-14(23(26)27)16-13(22(24)25)5-2-9(15(10)16)17(18)20-11/h1-7H. The van der Waals surface area contributed by atoms with E-state index >= 15 is 0 Å². The van der Waals surface area contributed by atoms with Crippen LogP contribution in [0, 0.1) is 20.2 Å². The number of hydrogen-bond donors (Lipinski definition) is 0. The van der Waals surface area contributed by atoms with E-state index < -0.39 is 9.85 Å². The number of nitrogens with zero attached hydrogens (tertiary/aromatic N) is 4. The Hall–Kier alpha value is -3.65. The number of nitro groups is 2. The first kappa shape index (κ1) is 15.6. The molecule has 0 spiro atoms. The molecule has 9 heteroatoms. The number of halogens is 1. The maximum Gasteiger partial charge on any atom is 0.284 e. The van der Waals surface area contributed by atoms with Gasteiger partial charge < -0.3 is 0 Å². The Morgan fingerprint density at radius 3 is 1.85 bits per heavy atom. The predicted octanol–water partition coefficient (Wildman–Crippen LogP) is 4.90. The molecule has 8 nitrogen and oxygen atoms in total. The van der Waals surface area contributed by atoms with Crippen molar-refractivity contribution in [2.45, 2.75) is 0 Å². The summed E-state index contributed by atoms with van der Waals surface area (Å²) in [5.74, 6) is 0. The van der Waals surface area contributed by atoms with E-state index in [1.807, 2.05) is 0 Å². The van der Waals surface area contributed by atoms with Gasteiger partial charge in [0, 0.05) is 33.7 Å². The summed E-state index contributed by atoms with van der Waals surface area (Å²) in [4.78, 5) is 31.0. The molecular formula is C18H7ClN4O4. The molecule has 0 unspecified atom stereocenters. The highest BCUT2D eigenvalue weighted by Crippen LogP contribution is 2.50. The summed E-state index contributed by atoms with van der Waals surface area (Å²) in [5, 5.41) is 23.9. The van der Waals surface area contributed by atoms with Crippen LogP contribution in [0.2, 0.25) is 5.02 Å². The van der Waals surface area contributed by atoms with Gasteiger partial charge in [0.1, 0.15) is 5.39 Å². The highest BCUT2D eigenvalue weighted by Gasteiger charge is 2.33. The number of rotatable bonds is 2. The Morgan fingerprint density at radius 1 is 0.741 bits per heavy atom. The molecule has 0 bridgehead atoms. The Labute approximate surface area is 155 Å².